The van der Waals surface area contributed by atoms with Crippen LogP contribution in [0.2, 0.25) is 0 Å². The van der Waals surface area contributed by atoms with Gasteiger partial charge in [0, 0.05) is 30.4 Å². The first-order chi connectivity index (χ1) is 17.7. The number of hydrogen-bond acceptors (Lipinski definition) is 6. The molecule has 0 aliphatic carbocycles. The van der Waals surface area contributed by atoms with Crippen LogP contribution in [-0.4, -0.2) is 67.8 Å². The molecule has 3 radical (unpaired) electrons. The van der Waals surface area contributed by atoms with Crippen LogP contribution in [0.5, 0.6) is 17.2 Å². The van der Waals surface area contributed by atoms with Gasteiger partial charge in [0.2, 0.25) is 0 Å². The first-order valence-electron chi connectivity index (χ1n) is 10.9. The largest absolute Gasteiger partial charge is 1.00 e. The SMILES string of the molecule is COc1ccc(CC(=O)O)cc1F.COc1ccc(CC=O)cc1F.COc1ccc(CCO)cc1F.[Al].[H-].[Li+]. The summed E-state index contributed by atoms with van der Waals surface area (Å²) in [5, 5.41) is 17.0. The van der Waals surface area contributed by atoms with Crippen molar-refractivity contribution >= 4 is 29.6 Å². The summed E-state index contributed by atoms with van der Waals surface area (Å²) in [4.78, 5) is 20.4. The number of benzene rings is 3. The number of methoxy groups -OCH3 is 3. The smallest absolute Gasteiger partial charge is 1.00 e. The van der Waals surface area contributed by atoms with Crippen LogP contribution in [0.25, 0.3) is 0 Å². The normalized spacial score (nSPS) is 9.21. The molecular weight excluding hydrogens is 527 g/mol. The molecule has 0 spiro atoms. The van der Waals surface area contributed by atoms with E-state index in [-0.39, 0.29) is 80.2 Å². The summed E-state index contributed by atoms with van der Waals surface area (Å²) >= 11 is 0. The van der Waals surface area contributed by atoms with E-state index in [0.29, 0.717) is 17.5 Å². The summed E-state index contributed by atoms with van der Waals surface area (Å²) in [7, 11) is 4.18. The molecule has 0 saturated carbocycles. The van der Waals surface area contributed by atoms with E-state index in [1.165, 1.54) is 51.7 Å². The van der Waals surface area contributed by atoms with E-state index in [2.05, 4.69) is 4.74 Å². The van der Waals surface area contributed by atoms with Crippen molar-refractivity contribution in [3.05, 3.63) is 88.7 Å². The zero-order valence-electron chi connectivity index (χ0n) is 23.2. The molecule has 0 heterocycles. The van der Waals surface area contributed by atoms with Gasteiger partial charge in [0.05, 0.1) is 27.8 Å². The van der Waals surface area contributed by atoms with E-state index < -0.39 is 17.6 Å². The molecule has 0 aliphatic heterocycles. The second-order valence-electron chi connectivity index (χ2n) is 7.32. The number of carboxylic acids is 1. The topological polar surface area (TPSA) is 102 Å². The van der Waals surface area contributed by atoms with Gasteiger partial charge in [-0.3, -0.25) is 4.79 Å². The van der Waals surface area contributed by atoms with Gasteiger partial charge in [-0.25, -0.2) is 13.2 Å². The van der Waals surface area contributed by atoms with Crippen molar-refractivity contribution in [2.75, 3.05) is 27.9 Å². The first kappa shape index (κ1) is 38.2. The Hall–Kier alpha value is -2.92. The van der Waals surface area contributed by atoms with Crippen molar-refractivity contribution in [2.45, 2.75) is 19.3 Å². The van der Waals surface area contributed by atoms with Gasteiger partial charge in [-0.05, 0) is 59.5 Å². The molecule has 7 nitrogen and oxygen atoms in total. The van der Waals surface area contributed by atoms with Crippen LogP contribution < -0.4 is 33.1 Å². The quantitative estimate of drug-likeness (QED) is 0.301. The Kier molecular flexibility index (Phi) is 20.6. The molecule has 3 aromatic carbocycles. The molecule has 0 fully saturated rings. The van der Waals surface area contributed by atoms with E-state index in [0.717, 1.165) is 17.9 Å². The van der Waals surface area contributed by atoms with Gasteiger partial charge >= 0.3 is 24.8 Å². The van der Waals surface area contributed by atoms with Crippen molar-refractivity contribution in [1.82, 2.24) is 0 Å². The van der Waals surface area contributed by atoms with Crippen molar-refractivity contribution in [3.63, 3.8) is 0 Å². The summed E-state index contributed by atoms with van der Waals surface area (Å²) in [6.45, 7) is 0.0335. The van der Waals surface area contributed by atoms with Gasteiger partial charge in [-0.1, -0.05) is 18.2 Å². The first-order valence-corrected chi connectivity index (χ1v) is 10.9. The minimum atomic E-state index is -0.982. The van der Waals surface area contributed by atoms with Crippen molar-refractivity contribution in [3.8, 4) is 17.2 Å². The number of carbonyl (C=O) groups is 2. The van der Waals surface area contributed by atoms with Gasteiger partial charge in [0.15, 0.2) is 34.7 Å². The molecule has 0 amide bonds. The maximum atomic E-state index is 13.0. The van der Waals surface area contributed by atoms with Crippen LogP contribution >= 0.6 is 0 Å². The van der Waals surface area contributed by atoms with Gasteiger partial charge < -0.3 is 30.6 Å². The Morgan fingerprint density at radius 2 is 1.18 bits per heavy atom. The van der Waals surface area contributed by atoms with Crippen LogP contribution in [0.1, 0.15) is 18.1 Å². The van der Waals surface area contributed by atoms with E-state index in [1.54, 1.807) is 18.2 Å². The Morgan fingerprint density at radius 1 is 0.795 bits per heavy atom. The van der Waals surface area contributed by atoms with E-state index >= 15 is 0 Å². The molecular formula is C27H30AlF3LiO7. The maximum Gasteiger partial charge on any atom is 1.00 e. The van der Waals surface area contributed by atoms with Crippen LogP contribution in [-0.2, 0) is 28.9 Å². The molecule has 205 valence electrons. The summed E-state index contributed by atoms with van der Waals surface area (Å²) < 4.78 is 53.0. The molecule has 3 rings (SSSR count). The number of aliphatic hydroxyl groups is 1. The predicted octanol–water partition coefficient (Wildman–Crippen LogP) is 1.14. The van der Waals surface area contributed by atoms with Gasteiger partial charge in [0.25, 0.3) is 0 Å². The summed E-state index contributed by atoms with van der Waals surface area (Å²) in [5.41, 5.74) is 1.85. The molecule has 12 heteroatoms. The minimum absolute atomic E-state index is 0. The number of ether oxygens (including phenoxy) is 3. The standard InChI is InChI=1S/C9H9FO3.C9H11FO2.C9H9FO2.Al.Li.H/c1-13-8-3-2-6(4-7(8)10)5-9(11)12;2*1-12-9-3-2-7(4-5-11)6-8(9)10;;;/h2-4H,5H2,1H3,(H,11,12);2-3,6,11H,4-5H2,1H3;2-3,5-6H,4H2,1H3;;;/q;;;;+1;-1. The Labute approximate surface area is 249 Å². The van der Waals surface area contributed by atoms with Crippen LogP contribution in [0, 0.1) is 17.5 Å². The Balaban J connectivity index is -0.000000495. The third-order valence-corrected chi connectivity index (χ3v) is 4.72. The van der Waals surface area contributed by atoms with E-state index in [9.17, 15) is 22.8 Å². The fourth-order valence-corrected chi connectivity index (χ4v) is 2.92. The molecule has 2 N–H and O–H groups in total. The molecule has 0 atom stereocenters. The number of aliphatic carboxylic acids is 1. The second kappa shape index (κ2) is 21.0. The fourth-order valence-electron chi connectivity index (χ4n) is 2.92. The molecule has 0 aromatic heterocycles. The molecule has 3 aromatic rings. The molecule has 0 unspecified atom stereocenters. The summed E-state index contributed by atoms with van der Waals surface area (Å²) in [6.07, 6.45) is 1.27. The molecule has 0 saturated heterocycles. The van der Waals surface area contributed by atoms with Crippen LogP contribution in [0.15, 0.2) is 54.6 Å². The van der Waals surface area contributed by atoms with Gasteiger partial charge in [0.1, 0.15) is 6.29 Å². The van der Waals surface area contributed by atoms with E-state index in [4.69, 9.17) is 19.7 Å². The minimum Gasteiger partial charge on any atom is -1.00 e. The monoisotopic (exact) mass is 557 g/mol. The van der Waals surface area contributed by atoms with Gasteiger partial charge in [-0.15, -0.1) is 0 Å². The number of halogens is 3. The zero-order valence-corrected chi connectivity index (χ0v) is 23.4. The Bertz CT molecular complexity index is 1170. The van der Waals surface area contributed by atoms with Crippen molar-refractivity contribution in [1.29, 1.82) is 0 Å². The number of aliphatic hydroxyl groups excluding tert-OH is 1. The summed E-state index contributed by atoms with van der Waals surface area (Å²) in [5.74, 6) is -1.79. The van der Waals surface area contributed by atoms with E-state index in [1.807, 2.05) is 0 Å². The average Bonchev–Trinajstić information content (AvgIpc) is 2.85. The van der Waals surface area contributed by atoms with Crippen molar-refractivity contribution < 1.29 is 67.5 Å². The predicted molar refractivity (Wildman–Crippen MR) is 138 cm³/mol. The zero-order chi connectivity index (χ0) is 27.8. The number of carbonyl (C=O) groups excluding carboxylic acids is 1. The van der Waals surface area contributed by atoms with Crippen LogP contribution in [0.3, 0.4) is 0 Å². The third kappa shape index (κ3) is 14.2. The van der Waals surface area contributed by atoms with Gasteiger partial charge in [-0.2, -0.15) is 0 Å². The molecule has 39 heavy (non-hydrogen) atoms. The molecule has 0 aliphatic rings. The van der Waals surface area contributed by atoms with Crippen molar-refractivity contribution in [2.24, 2.45) is 0 Å². The third-order valence-electron chi connectivity index (χ3n) is 4.72. The number of hydrogen-bond donors (Lipinski definition) is 2. The van der Waals surface area contributed by atoms with Crippen LogP contribution in [0.4, 0.5) is 13.2 Å². The Morgan fingerprint density at radius 3 is 1.54 bits per heavy atom. The molecule has 0 bridgehead atoms. The summed E-state index contributed by atoms with van der Waals surface area (Å²) in [6, 6.07) is 13.2. The fraction of sp³-hybridized carbons (Fsp3) is 0.259. The maximum absolute atomic E-state index is 13.0. The average molecular weight is 557 g/mol. The number of rotatable bonds is 9. The second-order valence-corrected chi connectivity index (χ2v) is 7.32. The number of aldehydes is 1. The number of carboxylic acid groups (broad SMARTS) is 1.